The van der Waals surface area contributed by atoms with Gasteiger partial charge in [-0.05, 0) is 25.4 Å². The van der Waals surface area contributed by atoms with Crippen molar-refractivity contribution in [1.82, 2.24) is 19.4 Å². The lowest BCUT2D eigenvalue weighted by Gasteiger charge is -2.23. The first-order chi connectivity index (χ1) is 9.15. The summed E-state index contributed by atoms with van der Waals surface area (Å²) in [6.07, 6.45) is 6.28. The van der Waals surface area contributed by atoms with Gasteiger partial charge < -0.3 is 14.4 Å². The summed E-state index contributed by atoms with van der Waals surface area (Å²) in [6.45, 7) is 11.9. The van der Waals surface area contributed by atoms with Gasteiger partial charge in [0.2, 0.25) is 0 Å². The van der Waals surface area contributed by atoms with Crippen molar-refractivity contribution in [2.45, 2.75) is 26.7 Å². The molecule has 19 heavy (non-hydrogen) atoms. The van der Waals surface area contributed by atoms with Gasteiger partial charge in [0.25, 0.3) is 0 Å². The minimum absolute atomic E-state index is 0.777. The lowest BCUT2D eigenvalue weighted by molar-refractivity contribution is 0.238. The highest BCUT2D eigenvalue weighted by molar-refractivity contribution is 4.92. The van der Waals surface area contributed by atoms with Crippen molar-refractivity contribution in [2.75, 3.05) is 39.3 Å². The number of aromatic nitrogens is 2. The zero-order valence-corrected chi connectivity index (χ0v) is 12.7. The van der Waals surface area contributed by atoms with Crippen molar-refractivity contribution >= 4 is 0 Å². The smallest absolute Gasteiger partial charge is 0.109 e. The Morgan fingerprint density at radius 2 is 1.89 bits per heavy atom. The molecule has 108 valence electrons. The molecule has 1 saturated heterocycles. The monoisotopic (exact) mass is 264 g/mol. The molecule has 0 radical (unpaired) electrons. The molecule has 4 nitrogen and oxygen atoms in total. The third-order valence-electron chi connectivity index (χ3n) is 3.88. The summed E-state index contributed by atoms with van der Waals surface area (Å²) < 4.78 is 2.13. The zero-order valence-electron chi connectivity index (χ0n) is 12.7. The topological polar surface area (TPSA) is 24.3 Å². The van der Waals surface area contributed by atoms with E-state index in [0.29, 0.717) is 0 Å². The van der Waals surface area contributed by atoms with Gasteiger partial charge in [0.05, 0.1) is 0 Å². The second kappa shape index (κ2) is 7.06. The van der Waals surface area contributed by atoms with Gasteiger partial charge in [-0.15, -0.1) is 0 Å². The normalized spacial score (nSPS) is 18.9. The molecule has 0 aliphatic carbocycles. The minimum Gasteiger partial charge on any atom is -0.338 e. The molecular formula is C15H28N4. The highest BCUT2D eigenvalue weighted by atomic mass is 15.2. The Morgan fingerprint density at radius 1 is 1.16 bits per heavy atom. The van der Waals surface area contributed by atoms with E-state index in [4.69, 9.17) is 0 Å². The van der Waals surface area contributed by atoms with Crippen molar-refractivity contribution in [2.24, 2.45) is 13.0 Å². The third-order valence-corrected chi connectivity index (χ3v) is 3.88. The Hall–Kier alpha value is -0.870. The van der Waals surface area contributed by atoms with Crippen molar-refractivity contribution in [3.8, 4) is 0 Å². The van der Waals surface area contributed by atoms with Gasteiger partial charge in [-0.3, -0.25) is 0 Å². The fraction of sp³-hybridized carbons (Fsp3) is 0.800. The van der Waals surface area contributed by atoms with Gasteiger partial charge in [-0.2, -0.15) is 0 Å². The minimum atomic E-state index is 0.777. The van der Waals surface area contributed by atoms with Gasteiger partial charge in [-0.1, -0.05) is 13.8 Å². The SMILES string of the molecule is CC(C)CN1CCCN(CCc2nccn2C)CC1. The van der Waals surface area contributed by atoms with Gasteiger partial charge >= 0.3 is 0 Å². The molecule has 2 heterocycles. The molecular weight excluding hydrogens is 236 g/mol. The van der Waals surface area contributed by atoms with E-state index in [1.165, 1.54) is 45.0 Å². The van der Waals surface area contributed by atoms with Crippen LogP contribution in [0.15, 0.2) is 12.4 Å². The first-order valence-electron chi connectivity index (χ1n) is 7.56. The van der Waals surface area contributed by atoms with E-state index in [0.717, 1.165) is 18.9 Å². The lowest BCUT2D eigenvalue weighted by atomic mass is 10.2. The van der Waals surface area contributed by atoms with Crippen LogP contribution in [0.2, 0.25) is 0 Å². The first kappa shape index (κ1) is 14.5. The average molecular weight is 264 g/mol. The molecule has 0 N–H and O–H groups in total. The second-order valence-electron chi connectivity index (χ2n) is 6.09. The fourth-order valence-corrected chi connectivity index (χ4v) is 2.84. The summed E-state index contributed by atoms with van der Waals surface area (Å²) in [4.78, 5) is 9.61. The summed E-state index contributed by atoms with van der Waals surface area (Å²) in [6, 6.07) is 0. The molecule has 0 atom stereocenters. The van der Waals surface area contributed by atoms with Gasteiger partial charge in [0, 0.05) is 52.0 Å². The Labute approximate surface area is 117 Å². The Kier molecular flexibility index (Phi) is 5.40. The molecule has 1 aromatic heterocycles. The number of rotatable bonds is 5. The molecule has 0 amide bonds. The van der Waals surface area contributed by atoms with E-state index in [1.54, 1.807) is 0 Å². The number of hydrogen-bond acceptors (Lipinski definition) is 3. The fourth-order valence-electron chi connectivity index (χ4n) is 2.84. The van der Waals surface area contributed by atoms with E-state index in [2.05, 4.69) is 40.2 Å². The molecule has 0 saturated carbocycles. The standard InChI is InChI=1S/C15H28N4/c1-14(2)13-19-8-4-7-18(11-12-19)9-5-15-16-6-10-17(15)3/h6,10,14H,4-5,7-9,11-13H2,1-3H3. The maximum absolute atomic E-state index is 4.40. The highest BCUT2D eigenvalue weighted by Gasteiger charge is 2.15. The van der Waals surface area contributed by atoms with Crippen molar-refractivity contribution in [3.05, 3.63) is 18.2 Å². The van der Waals surface area contributed by atoms with Crippen LogP contribution in [0.3, 0.4) is 0 Å². The van der Waals surface area contributed by atoms with E-state index in [9.17, 15) is 0 Å². The molecule has 2 rings (SSSR count). The van der Waals surface area contributed by atoms with Crippen molar-refractivity contribution in [3.63, 3.8) is 0 Å². The first-order valence-corrected chi connectivity index (χ1v) is 7.56. The van der Waals surface area contributed by atoms with Gasteiger partial charge in [0.1, 0.15) is 5.82 Å². The molecule has 0 aromatic carbocycles. The number of imidazole rings is 1. The van der Waals surface area contributed by atoms with E-state index >= 15 is 0 Å². The van der Waals surface area contributed by atoms with Crippen LogP contribution >= 0.6 is 0 Å². The number of hydrogen-bond donors (Lipinski definition) is 0. The van der Waals surface area contributed by atoms with E-state index in [-0.39, 0.29) is 0 Å². The number of nitrogens with zero attached hydrogens (tertiary/aromatic N) is 4. The van der Waals surface area contributed by atoms with Gasteiger partial charge in [-0.25, -0.2) is 4.98 Å². The lowest BCUT2D eigenvalue weighted by Crippen LogP contribution is -2.33. The maximum Gasteiger partial charge on any atom is 0.109 e. The second-order valence-corrected chi connectivity index (χ2v) is 6.09. The predicted octanol–water partition coefficient (Wildman–Crippen LogP) is 1.63. The largest absolute Gasteiger partial charge is 0.338 e. The molecule has 1 fully saturated rings. The summed E-state index contributed by atoms with van der Waals surface area (Å²) in [7, 11) is 2.08. The molecule has 1 aliphatic rings. The zero-order chi connectivity index (χ0) is 13.7. The highest BCUT2D eigenvalue weighted by Crippen LogP contribution is 2.07. The molecule has 1 aromatic rings. The van der Waals surface area contributed by atoms with Crippen LogP contribution in [0.4, 0.5) is 0 Å². The molecule has 0 spiro atoms. The molecule has 4 heteroatoms. The number of aryl methyl sites for hydroxylation is 1. The molecule has 0 bridgehead atoms. The Bertz CT molecular complexity index is 372. The predicted molar refractivity (Wildman–Crippen MR) is 79.2 cm³/mol. The van der Waals surface area contributed by atoms with Crippen molar-refractivity contribution in [1.29, 1.82) is 0 Å². The third kappa shape index (κ3) is 4.62. The van der Waals surface area contributed by atoms with Crippen LogP contribution < -0.4 is 0 Å². The average Bonchev–Trinajstić information content (AvgIpc) is 2.63. The van der Waals surface area contributed by atoms with Crippen LogP contribution in [-0.4, -0.2) is 58.6 Å². The summed E-state index contributed by atoms with van der Waals surface area (Å²) in [5.41, 5.74) is 0. The molecule has 0 unspecified atom stereocenters. The van der Waals surface area contributed by atoms with Crippen LogP contribution in [0.5, 0.6) is 0 Å². The maximum atomic E-state index is 4.40. The van der Waals surface area contributed by atoms with Crippen LogP contribution in [0.25, 0.3) is 0 Å². The Morgan fingerprint density at radius 3 is 2.58 bits per heavy atom. The van der Waals surface area contributed by atoms with E-state index < -0.39 is 0 Å². The van der Waals surface area contributed by atoms with Crippen LogP contribution in [0.1, 0.15) is 26.1 Å². The quantitative estimate of drug-likeness (QED) is 0.808. The van der Waals surface area contributed by atoms with Crippen molar-refractivity contribution < 1.29 is 0 Å². The van der Waals surface area contributed by atoms with Gasteiger partial charge in [0.15, 0.2) is 0 Å². The summed E-state index contributed by atoms with van der Waals surface area (Å²) in [5, 5.41) is 0. The molecule has 1 aliphatic heterocycles. The Balaban J connectivity index is 1.75. The van der Waals surface area contributed by atoms with Crippen LogP contribution in [-0.2, 0) is 13.5 Å². The van der Waals surface area contributed by atoms with E-state index in [1.807, 2.05) is 12.4 Å². The van der Waals surface area contributed by atoms with Crippen LogP contribution in [0, 0.1) is 5.92 Å². The summed E-state index contributed by atoms with van der Waals surface area (Å²) >= 11 is 0. The summed E-state index contributed by atoms with van der Waals surface area (Å²) in [5.74, 6) is 1.97.